The van der Waals surface area contributed by atoms with Gasteiger partial charge in [-0.2, -0.15) is 0 Å². The molecule has 3 saturated heterocycles. The van der Waals surface area contributed by atoms with E-state index in [1.54, 1.807) is 58.4 Å². The van der Waals surface area contributed by atoms with Crippen LogP contribution in [0.4, 0.5) is 0 Å². The average Bonchev–Trinajstić information content (AvgIpc) is 3.71. The zero-order valence-electron chi connectivity index (χ0n) is 42.4. The number of benzene rings is 1. The first-order valence-corrected chi connectivity index (χ1v) is 25.7. The summed E-state index contributed by atoms with van der Waals surface area (Å²) in [4.78, 5) is 18.6. The second-order valence-electron chi connectivity index (χ2n) is 21.1. The summed E-state index contributed by atoms with van der Waals surface area (Å²) in [5.74, 6) is -3.21. The highest BCUT2D eigenvalue weighted by Gasteiger charge is 2.55. The van der Waals surface area contributed by atoms with Gasteiger partial charge in [0.2, 0.25) is 10.0 Å². The number of aliphatic hydroxyl groups is 5. The number of primary sulfonamides is 1. The number of ether oxygens (including phenoxy) is 5. The molecule has 3 aliphatic rings. The van der Waals surface area contributed by atoms with E-state index < -0.39 is 112 Å². The Kier molecular flexibility index (Phi) is 18.5. The molecule has 0 radical (unpaired) electrons. The smallest absolute Gasteiger partial charge is 0.309 e. The first kappa shape index (κ1) is 56.2. The number of cyclic esters (lactones) is 1. The van der Waals surface area contributed by atoms with E-state index in [1.807, 2.05) is 50.9 Å². The van der Waals surface area contributed by atoms with Crippen LogP contribution >= 0.6 is 0 Å². The number of sulfonamides is 1. The number of aromatic nitrogens is 3. The molecule has 3 fully saturated rings. The number of carbonyl (C=O) groups excluding carboxylic acids is 1. The zero-order valence-corrected chi connectivity index (χ0v) is 43.2. The molecule has 0 spiro atoms. The highest BCUT2D eigenvalue weighted by Crippen LogP contribution is 2.45. The van der Waals surface area contributed by atoms with Gasteiger partial charge in [-0.25, -0.2) is 18.2 Å². The molecular weight excluding hydrogens is 901 g/mol. The number of hydrogen-bond acceptors (Lipinski definition) is 17. The van der Waals surface area contributed by atoms with Crippen LogP contribution in [0.3, 0.4) is 0 Å². The summed E-state index contributed by atoms with van der Waals surface area (Å²) in [6.45, 7) is 19.1. The van der Waals surface area contributed by atoms with E-state index in [0.717, 1.165) is 5.56 Å². The van der Waals surface area contributed by atoms with Crippen molar-refractivity contribution < 1.29 is 62.4 Å². The molecule has 2 aromatic rings. The minimum Gasteiger partial charge on any atom is -0.459 e. The van der Waals surface area contributed by atoms with Crippen molar-refractivity contribution in [1.82, 2.24) is 24.8 Å². The van der Waals surface area contributed by atoms with E-state index in [1.165, 1.54) is 26.2 Å². The Morgan fingerprint density at radius 2 is 1.63 bits per heavy atom. The van der Waals surface area contributed by atoms with Crippen molar-refractivity contribution in [2.75, 3.05) is 34.3 Å². The van der Waals surface area contributed by atoms with Gasteiger partial charge in [0.05, 0.1) is 58.7 Å². The Labute approximate surface area is 403 Å². The fraction of sp³-hybridized carbons (Fsp3) is 0.812. The Morgan fingerprint density at radius 1 is 0.985 bits per heavy atom. The summed E-state index contributed by atoms with van der Waals surface area (Å²) < 4.78 is 57.1. The number of esters is 1. The maximum Gasteiger partial charge on any atom is 0.309 e. The van der Waals surface area contributed by atoms with Crippen LogP contribution in [0.25, 0.3) is 0 Å². The van der Waals surface area contributed by atoms with E-state index in [-0.39, 0.29) is 36.2 Å². The minimum absolute atomic E-state index is 0.0233. The molecule has 388 valence electrons. The number of aliphatic hydroxyl groups excluding tert-OH is 3. The van der Waals surface area contributed by atoms with Crippen LogP contribution in [0.2, 0.25) is 0 Å². The van der Waals surface area contributed by atoms with Crippen LogP contribution in [-0.4, -0.2) is 183 Å². The third kappa shape index (κ3) is 12.8. The molecule has 3 aliphatic heterocycles. The highest BCUT2D eigenvalue weighted by atomic mass is 32.2. The molecule has 1 unspecified atom stereocenters. The molecule has 7 N–H and O–H groups in total. The first-order chi connectivity index (χ1) is 31.5. The van der Waals surface area contributed by atoms with Crippen LogP contribution < -0.4 is 5.14 Å². The largest absolute Gasteiger partial charge is 0.459 e. The van der Waals surface area contributed by atoms with Gasteiger partial charge in [-0.3, -0.25) is 4.79 Å². The van der Waals surface area contributed by atoms with Gasteiger partial charge in [-0.05, 0) is 104 Å². The van der Waals surface area contributed by atoms with Gasteiger partial charge in [0, 0.05) is 57.2 Å². The quantitative estimate of drug-likeness (QED) is 0.166. The monoisotopic (exact) mass is 983 g/mol. The van der Waals surface area contributed by atoms with E-state index in [9.17, 15) is 38.7 Å². The number of nitrogens with zero attached hydrogens (tertiary/aromatic N) is 5. The molecule has 19 nitrogen and oxygen atoms in total. The molecule has 0 bridgehead atoms. The molecule has 1 aromatic carbocycles. The van der Waals surface area contributed by atoms with Crippen LogP contribution in [0.15, 0.2) is 35.4 Å². The minimum atomic E-state index is -3.81. The number of carbonyl (C=O) groups is 1. The number of likely N-dealkylation sites (N-methyl/N-ethyl adjacent to an activating group) is 2. The Hall–Kier alpha value is -2.70. The molecule has 18 atom stereocenters. The first-order valence-electron chi connectivity index (χ1n) is 24.2. The van der Waals surface area contributed by atoms with E-state index in [4.69, 9.17) is 28.8 Å². The van der Waals surface area contributed by atoms with Crippen molar-refractivity contribution in [3.05, 3.63) is 41.7 Å². The van der Waals surface area contributed by atoms with Crippen molar-refractivity contribution in [1.29, 1.82) is 0 Å². The molecule has 20 heteroatoms. The summed E-state index contributed by atoms with van der Waals surface area (Å²) >= 11 is 0. The SMILES string of the molecule is CC[C@H]1OC(=O)[C@H](C)[C@@H](C2C[C@@](C)(OC)[C@@H](O)[C@H](C)O2)[C@H](C)[C@@H](O[C@@H]2O[C@H](C)C[C@H](N(C)CCc3cn(Cc4ccc(S(N)(=O)=O)cc4)nn3)[C@H]2O)[C@](C)(O)C[C@@H](C)CN(C)[C@H](C)[C@@H](O)[C@]1(C)O. The standard InChI is InChI=1S/C48H82N6O13S/c1-14-38-48(10,60)41(56)31(6)53(12)24-27(2)22-46(8,59)43(29(4)39(30(5)44(58)66-38)37-23-47(9,63-13)42(57)32(7)65-37)67-45-40(55)36(21-28(3)64-45)52(11)20-19-34-26-54(51-50-34)25-33-15-17-35(18-16-33)68(49,61)62/h15-18,26-32,36-43,45,55-57,59-60H,14,19-25H2,1-13H3,(H2,49,61,62)/t27-,28-,29+,30-,31-,32+,36+,37?,38-,39+,40-,41-,42+,43-,45+,46-,47-,48-/m1/s1. The lowest BCUT2D eigenvalue weighted by Crippen LogP contribution is -2.62. The van der Waals surface area contributed by atoms with Crippen LogP contribution in [-0.2, 0) is 51.5 Å². The van der Waals surface area contributed by atoms with Crippen molar-refractivity contribution in [2.24, 2.45) is 28.8 Å². The number of hydrogen-bond donors (Lipinski definition) is 6. The molecule has 1 aromatic heterocycles. The van der Waals surface area contributed by atoms with Crippen LogP contribution in [0.1, 0.15) is 106 Å². The summed E-state index contributed by atoms with van der Waals surface area (Å²) in [7, 11) is 1.46. The predicted molar refractivity (Wildman–Crippen MR) is 252 cm³/mol. The highest BCUT2D eigenvalue weighted by molar-refractivity contribution is 7.89. The number of methoxy groups -OCH3 is 1. The second-order valence-corrected chi connectivity index (χ2v) is 22.7. The Balaban J connectivity index is 1.45. The summed E-state index contributed by atoms with van der Waals surface area (Å²) in [5, 5.41) is 73.8. The van der Waals surface area contributed by atoms with Crippen LogP contribution in [0.5, 0.6) is 0 Å². The molecule has 0 saturated carbocycles. The zero-order chi connectivity index (χ0) is 50.8. The molecule has 0 aliphatic carbocycles. The normalized spacial score (nSPS) is 40.9. The van der Waals surface area contributed by atoms with Gasteiger partial charge in [0.1, 0.15) is 30.0 Å². The van der Waals surface area contributed by atoms with Gasteiger partial charge >= 0.3 is 5.97 Å². The maximum absolute atomic E-state index is 14.6. The summed E-state index contributed by atoms with van der Waals surface area (Å²) in [6, 6.07) is 5.24. The van der Waals surface area contributed by atoms with Crippen molar-refractivity contribution in [3.63, 3.8) is 0 Å². The van der Waals surface area contributed by atoms with E-state index in [2.05, 4.69) is 10.3 Å². The molecule has 5 rings (SSSR count). The number of rotatable bonds is 12. The van der Waals surface area contributed by atoms with E-state index >= 15 is 0 Å². The van der Waals surface area contributed by atoms with Gasteiger partial charge < -0.3 is 59.0 Å². The van der Waals surface area contributed by atoms with Gasteiger partial charge in [0.15, 0.2) is 6.29 Å². The third-order valence-electron chi connectivity index (χ3n) is 15.4. The van der Waals surface area contributed by atoms with E-state index in [0.29, 0.717) is 38.2 Å². The third-order valence-corrected chi connectivity index (χ3v) is 16.3. The average molecular weight is 983 g/mol. The fourth-order valence-corrected chi connectivity index (χ4v) is 11.7. The van der Waals surface area contributed by atoms with Gasteiger partial charge in [0.25, 0.3) is 0 Å². The lowest BCUT2D eigenvalue weighted by molar-refractivity contribution is -0.302. The lowest BCUT2D eigenvalue weighted by atomic mass is 9.68. The summed E-state index contributed by atoms with van der Waals surface area (Å²) in [6.07, 6.45) is -5.24. The topological polar surface area (TPSA) is 262 Å². The molecule has 68 heavy (non-hydrogen) atoms. The van der Waals surface area contributed by atoms with Gasteiger partial charge in [-0.1, -0.05) is 45.0 Å². The van der Waals surface area contributed by atoms with Crippen LogP contribution in [0, 0.1) is 23.7 Å². The fourth-order valence-electron chi connectivity index (χ4n) is 11.2. The van der Waals surface area contributed by atoms with Crippen molar-refractivity contribution in [3.8, 4) is 0 Å². The van der Waals surface area contributed by atoms with Gasteiger partial charge in [-0.15, -0.1) is 5.10 Å². The van der Waals surface area contributed by atoms with Crippen molar-refractivity contribution in [2.45, 2.75) is 197 Å². The maximum atomic E-state index is 14.6. The number of nitrogens with two attached hydrogens (primary N) is 1. The second kappa shape index (κ2) is 22.4. The Bertz CT molecular complexity index is 2060. The lowest BCUT2D eigenvalue weighted by Gasteiger charge is -2.51. The molecular formula is C48H82N6O13S. The Morgan fingerprint density at radius 3 is 2.24 bits per heavy atom. The predicted octanol–water partition coefficient (Wildman–Crippen LogP) is 2.07. The molecule has 4 heterocycles. The molecule has 0 amide bonds. The summed E-state index contributed by atoms with van der Waals surface area (Å²) in [5.41, 5.74) is -2.96. The van der Waals surface area contributed by atoms with Crippen molar-refractivity contribution >= 4 is 16.0 Å².